The Hall–Kier alpha value is -3.11. The summed E-state index contributed by atoms with van der Waals surface area (Å²) in [4.78, 5) is 18.7. The minimum atomic E-state index is -4.48. The lowest BCUT2D eigenvalue weighted by Gasteiger charge is -2.25. The van der Waals surface area contributed by atoms with Crippen LogP contribution in [0.2, 0.25) is 0 Å². The maximum absolute atomic E-state index is 12.9. The normalized spacial score (nSPS) is 18.9. The number of phosphoric acid groups is 1. The van der Waals surface area contributed by atoms with Crippen LogP contribution in [0.1, 0.15) is 141 Å². The summed E-state index contributed by atoms with van der Waals surface area (Å²) >= 11 is 0. The van der Waals surface area contributed by atoms with Crippen molar-refractivity contribution in [3.63, 3.8) is 0 Å². The summed E-state index contributed by atoms with van der Waals surface area (Å²) in [7, 11) is -4.48. The van der Waals surface area contributed by atoms with Crippen molar-refractivity contribution in [1.82, 2.24) is 19.6 Å². The van der Waals surface area contributed by atoms with E-state index in [-0.39, 0.29) is 31.4 Å². The van der Waals surface area contributed by atoms with Crippen molar-refractivity contribution in [2.45, 2.75) is 147 Å². The monoisotopic (exact) mass is 756 g/mol. The molecule has 0 aliphatic carbocycles. The van der Waals surface area contributed by atoms with Crippen molar-refractivity contribution >= 4 is 19.2 Å². The Balaban J connectivity index is 1.12. The molecule has 3 aromatic heterocycles. The van der Waals surface area contributed by atoms with E-state index < -0.39 is 25.6 Å². The number of aromatic nitrogens is 4. The average molecular weight is 757 g/mol. The van der Waals surface area contributed by atoms with Crippen molar-refractivity contribution in [2.75, 3.05) is 32.2 Å². The van der Waals surface area contributed by atoms with Crippen molar-refractivity contribution in [3.8, 4) is 11.9 Å². The van der Waals surface area contributed by atoms with Gasteiger partial charge in [0.1, 0.15) is 35.3 Å². The summed E-state index contributed by atoms with van der Waals surface area (Å²) in [5.41, 5.74) is 6.98. The number of hydrogen-bond donors (Lipinski definition) is 2. The van der Waals surface area contributed by atoms with E-state index in [0.29, 0.717) is 30.8 Å². The lowest BCUT2D eigenvalue weighted by molar-refractivity contribution is -0.0567. The number of unbranched alkanes of at least 4 members (excludes halogenated alkanes) is 15. The van der Waals surface area contributed by atoms with Gasteiger partial charge in [0.15, 0.2) is 5.82 Å². The Kier molecular flexibility index (Phi) is 18.5. The molecule has 0 radical (unpaired) electrons. The van der Waals surface area contributed by atoms with Crippen LogP contribution < -0.4 is 10.5 Å². The molecular weight excluding hydrogens is 695 g/mol. The predicted octanol–water partition coefficient (Wildman–Crippen LogP) is 8.83. The molecule has 1 fully saturated rings. The number of ether oxygens (including phenoxy) is 3. The van der Waals surface area contributed by atoms with Crippen molar-refractivity contribution in [1.29, 1.82) is 5.26 Å². The molecule has 1 aliphatic heterocycles. The van der Waals surface area contributed by atoms with Gasteiger partial charge < -0.3 is 24.8 Å². The van der Waals surface area contributed by atoms with Gasteiger partial charge in [0.25, 0.3) is 0 Å². The highest BCUT2D eigenvalue weighted by molar-refractivity contribution is 7.47. The second-order valence-electron chi connectivity index (χ2n) is 14.3. The highest BCUT2D eigenvalue weighted by Gasteiger charge is 2.41. The minimum Gasteiger partial charge on any atom is -0.469 e. The van der Waals surface area contributed by atoms with Gasteiger partial charge in [-0.15, -0.1) is 0 Å². The summed E-state index contributed by atoms with van der Waals surface area (Å²) in [6, 6.07) is 10.6. The molecule has 0 aromatic carbocycles. The number of fused-ring (bicyclic) bond motifs is 1. The molecule has 13 nitrogen and oxygen atoms in total. The first-order chi connectivity index (χ1) is 25.7. The van der Waals surface area contributed by atoms with Crippen molar-refractivity contribution in [3.05, 3.63) is 48.0 Å². The molecule has 0 bridgehead atoms. The Morgan fingerprint density at radius 2 is 1.64 bits per heavy atom. The summed E-state index contributed by atoms with van der Waals surface area (Å²) in [5.74, 6) is 0.563. The number of anilines is 1. The van der Waals surface area contributed by atoms with E-state index in [2.05, 4.69) is 22.0 Å². The van der Waals surface area contributed by atoms with E-state index >= 15 is 0 Å². The van der Waals surface area contributed by atoms with Gasteiger partial charge in [-0.2, -0.15) is 10.4 Å². The highest BCUT2D eigenvalue weighted by atomic mass is 31.2. The standard InChI is InChI=1S/C39H61N6O7P/c1-3-4-5-6-7-8-9-10-11-12-13-14-15-16-17-18-26-48-28-34(51-37-21-19-20-32(27-40)44-37)30-50-53(46,47)49-29-33-24-25-39(2,52-33)36-23-22-35-38(41)42-31-43-45(35)36/h19-23,31,33-34H,3-18,24-26,28-30H2,1-2H3,(H,46,47)(H2,41,42,43)/t33-,34+,39+/m0/s1. The largest absolute Gasteiger partial charge is 0.472 e. The van der Waals surface area contributed by atoms with E-state index in [1.165, 1.54) is 96.2 Å². The molecule has 3 N–H and O–H groups in total. The van der Waals surface area contributed by atoms with Gasteiger partial charge in [-0.3, -0.25) is 9.05 Å². The van der Waals surface area contributed by atoms with Gasteiger partial charge >= 0.3 is 7.82 Å². The summed E-state index contributed by atoms with van der Waals surface area (Å²) in [5, 5.41) is 13.6. The van der Waals surface area contributed by atoms with E-state index in [1.807, 2.05) is 25.1 Å². The molecular formula is C39H61N6O7P. The van der Waals surface area contributed by atoms with Gasteiger partial charge in [-0.05, 0) is 44.4 Å². The van der Waals surface area contributed by atoms with Crippen LogP contribution in [0.25, 0.3) is 5.52 Å². The molecule has 14 heteroatoms. The topological polar surface area (TPSA) is 176 Å². The average Bonchev–Trinajstić information content (AvgIpc) is 3.78. The number of pyridine rings is 1. The number of rotatable bonds is 28. The van der Waals surface area contributed by atoms with Gasteiger partial charge in [0.2, 0.25) is 5.88 Å². The van der Waals surface area contributed by atoms with Crippen LogP contribution in [0.4, 0.5) is 5.82 Å². The molecule has 1 unspecified atom stereocenters. The lowest BCUT2D eigenvalue weighted by Crippen LogP contribution is -2.29. The summed E-state index contributed by atoms with van der Waals surface area (Å²) in [6.45, 7) is 4.43. The van der Waals surface area contributed by atoms with Crippen LogP contribution in [-0.2, 0) is 28.7 Å². The Morgan fingerprint density at radius 3 is 2.30 bits per heavy atom. The molecule has 4 atom stereocenters. The first-order valence-electron chi connectivity index (χ1n) is 19.7. The quantitative estimate of drug-likeness (QED) is 0.0532. The van der Waals surface area contributed by atoms with Crippen LogP contribution in [0, 0.1) is 11.3 Å². The molecule has 0 spiro atoms. The molecule has 0 amide bonds. The number of nitrogen functional groups attached to an aromatic ring is 1. The van der Waals surface area contributed by atoms with Gasteiger partial charge in [0.05, 0.1) is 31.6 Å². The van der Waals surface area contributed by atoms with Gasteiger partial charge in [-0.25, -0.2) is 19.0 Å². The van der Waals surface area contributed by atoms with Crippen LogP contribution in [-0.4, -0.2) is 63.1 Å². The Bertz CT molecular complexity index is 1590. The first kappa shape index (κ1) is 42.6. The minimum absolute atomic E-state index is 0.112. The van der Waals surface area contributed by atoms with Crippen molar-refractivity contribution < 1.29 is 32.7 Å². The van der Waals surface area contributed by atoms with Gasteiger partial charge in [-0.1, -0.05) is 109 Å². The van der Waals surface area contributed by atoms with Gasteiger partial charge in [0, 0.05) is 12.7 Å². The maximum Gasteiger partial charge on any atom is 0.472 e. The third-order valence-electron chi connectivity index (χ3n) is 9.81. The second kappa shape index (κ2) is 23.0. The fourth-order valence-corrected chi connectivity index (χ4v) is 7.55. The van der Waals surface area contributed by atoms with E-state index in [1.54, 1.807) is 22.7 Å². The lowest BCUT2D eigenvalue weighted by atomic mass is 9.98. The third-order valence-corrected chi connectivity index (χ3v) is 10.8. The second-order valence-corrected chi connectivity index (χ2v) is 15.8. The third kappa shape index (κ3) is 14.9. The zero-order chi connectivity index (χ0) is 37.8. The molecule has 1 aliphatic rings. The number of nitriles is 1. The molecule has 0 saturated carbocycles. The molecule has 53 heavy (non-hydrogen) atoms. The summed E-state index contributed by atoms with van der Waals surface area (Å²) in [6.07, 6.45) is 22.2. The number of phosphoric ester groups is 1. The molecule has 4 heterocycles. The van der Waals surface area contributed by atoms with Crippen LogP contribution in [0.15, 0.2) is 36.7 Å². The molecule has 294 valence electrons. The zero-order valence-electron chi connectivity index (χ0n) is 31.8. The SMILES string of the molecule is CCCCCCCCCCCCCCCCCCOC[C@H](COP(=O)(O)OC[C@@H]1CC[C@](C)(c2ccc3c(N)ncnn23)O1)Oc1cccc(C#N)n1. The van der Waals surface area contributed by atoms with Crippen LogP contribution >= 0.6 is 7.82 Å². The molecule has 1 saturated heterocycles. The van der Waals surface area contributed by atoms with E-state index in [0.717, 1.165) is 18.5 Å². The predicted molar refractivity (Wildman–Crippen MR) is 204 cm³/mol. The smallest absolute Gasteiger partial charge is 0.469 e. The number of hydrogen-bond acceptors (Lipinski definition) is 11. The first-order valence-corrected chi connectivity index (χ1v) is 21.2. The zero-order valence-corrected chi connectivity index (χ0v) is 32.7. The summed E-state index contributed by atoms with van der Waals surface area (Å²) < 4.78 is 43.5. The Labute approximate surface area is 315 Å². The van der Waals surface area contributed by atoms with Crippen LogP contribution in [0.3, 0.4) is 0 Å². The fraction of sp³-hybridized carbons (Fsp3) is 0.692. The Morgan fingerprint density at radius 1 is 0.981 bits per heavy atom. The highest BCUT2D eigenvalue weighted by Crippen LogP contribution is 2.46. The molecule has 4 rings (SSSR count). The van der Waals surface area contributed by atoms with Crippen LogP contribution in [0.5, 0.6) is 5.88 Å². The number of nitrogens with zero attached hydrogens (tertiary/aromatic N) is 5. The number of nitrogens with two attached hydrogens (primary N) is 1. The molecule has 3 aromatic rings. The maximum atomic E-state index is 12.9. The van der Waals surface area contributed by atoms with E-state index in [9.17, 15) is 14.7 Å². The van der Waals surface area contributed by atoms with E-state index in [4.69, 9.17) is 29.0 Å². The van der Waals surface area contributed by atoms with Crippen molar-refractivity contribution in [2.24, 2.45) is 0 Å². The fourth-order valence-electron chi connectivity index (χ4n) is 6.77.